The van der Waals surface area contributed by atoms with Crippen LogP contribution in [0, 0.1) is 17.6 Å². The van der Waals surface area contributed by atoms with Crippen molar-refractivity contribution in [1.29, 1.82) is 0 Å². The van der Waals surface area contributed by atoms with Crippen LogP contribution in [-0.2, 0) is 0 Å². The Morgan fingerprint density at radius 1 is 1.20 bits per heavy atom. The molecule has 0 aliphatic rings. The van der Waals surface area contributed by atoms with E-state index < -0.39 is 11.6 Å². The van der Waals surface area contributed by atoms with Gasteiger partial charge in [0.2, 0.25) is 0 Å². The third kappa shape index (κ3) is 2.84. The van der Waals surface area contributed by atoms with Gasteiger partial charge in [-0.1, -0.05) is 20.8 Å². The zero-order valence-electron chi connectivity index (χ0n) is 9.05. The molecule has 1 unspecified atom stereocenters. The molecule has 0 fully saturated rings. The summed E-state index contributed by atoms with van der Waals surface area (Å²) in [5.41, 5.74) is 5.91. The number of nitrogens with two attached hydrogens (primary N) is 1. The normalized spacial score (nSPS) is 13.2. The van der Waals surface area contributed by atoms with Crippen molar-refractivity contribution in [2.75, 3.05) is 5.73 Å². The van der Waals surface area contributed by atoms with Crippen molar-refractivity contribution < 1.29 is 8.78 Å². The number of benzene rings is 1. The molecule has 0 amide bonds. The first-order valence-electron chi connectivity index (χ1n) is 4.83. The molecule has 1 atom stereocenters. The molecule has 15 heavy (non-hydrogen) atoms. The summed E-state index contributed by atoms with van der Waals surface area (Å²) in [6.45, 7) is 6.04. The Morgan fingerprint density at radius 2 is 1.80 bits per heavy atom. The molecule has 0 aliphatic carbocycles. The van der Waals surface area contributed by atoms with Crippen LogP contribution in [0.1, 0.15) is 20.8 Å². The van der Waals surface area contributed by atoms with Crippen LogP contribution in [0.2, 0.25) is 0 Å². The Hall–Kier alpha value is -0.770. The van der Waals surface area contributed by atoms with Crippen LogP contribution < -0.4 is 5.73 Å². The molecule has 0 spiro atoms. The number of nitrogen functional groups attached to an aromatic ring is 1. The van der Waals surface area contributed by atoms with Crippen molar-refractivity contribution in [3.05, 3.63) is 23.8 Å². The number of hydrogen-bond donors (Lipinski definition) is 1. The van der Waals surface area contributed by atoms with E-state index in [1.807, 2.05) is 20.8 Å². The molecule has 0 heterocycles. The number of thioether (sulfide) groups is 1. The van der Waals surface area contributed by atoms with Gasteiger partial charge in [0.15, 0.2) is 11.6 Å². The molecule has 0 aromatic heterocycles. The summed E-state index contributed by atoms with van der Waals surface area (Å²) in [6.07, 6.45) is 0. The molecule has 1 aromatic rings. The Labute approximate surface area is 93.1 Å². The lowest BCUT2D eigenvalue weighted by Crippen LogP contribution is -2.07. The van der Waals surface area contributed by atoms with E-state index in [0.717, 1.165) is 6.07 Å². The lowest BCUT2D eigenvalue weighted by atomic mass is 10.2. The SMILES string of the molecule is CC(C)C(C)Sc1c(N)ccc(F)c1F. The van der Waals surface area contributed by atoms with Gasteiger partial charge in [0.1, 0.15) is 0 Å². The summed E-state index contributed by atoms with van der Waals surface area (Å²) in [6, 6.07) is 2.45. The van der Waals surface area contributed by atoms with Crippen LogP contribution in [-0.4, -0.2) is 5.25 Å². The van der Waals surface area contributed by atoms with E-state index in [1.54, 1.807) is 0 Å². The topological polar surface area (TPSA) is 26.0 Å². The van der Waals surface area contributed by atoms with Gasteiger partial charge in [-0.2, -0.15) is 0 Å². The average molecular weight is 231 g/mol. The maximum absolute atomic E-state index is 13.4. The second-order valence-electron chi connectivity index (χ2n) is 3.85. The maximum Gasteiger partial charge on any atom is 0.174 e. The van der Waals surface area contributed by atoms with Crippen LogP contribution in [0.25, 0.3) is 0 Å². The summed E-state index contributed by atoms with van der Waals surface area (Å²) >= 11 is 1.28. The lowest BCUT2D eigenvalue weighted by molar-refractivity contribution is 0.492. The minimum Gasteiger partial charge on any atom is -0.398 e. The quantitative estimate of drug-likeness (QED) is 0.634. The minimum absolute atomic E-state index is 0.198. The van der Waals surface area contributed by atoms with E-state index in [2.05, 4.69) is 0 Å². The Balaban J connectivity index is 2.98. The van der Waals surface area contributed by atoms with Gasteiger partial charge in [0.05, 0.1) is 4.90 Å². The first kappa shape index (κ1) is 12.3. The molecular formula is C11H15F2NS. The molecule has 0 bridgehead atoms. The van der Waals surface area contributed by atoms with Gasteiger partial charge in [-0.15, -0.1) is 11.8 Å². The summed E-state index contributed by atoms with van der Waals surface area (Å²) in [7, 11) is 0. The van der Waals surface area contributed by atoms with Gasteiger partial charge in [-0.05, 0) is 18.1 Å². The predicted molar refractivity (Wildman–Crippen MR) is 60.9 cm³/mol. The minimum atomic E-state index is -0.845. The van der Waals surface area contributed by atoms with Crippen molar-refractivity contribution >= 4 is 17.4 Å². The van der Waals surface area contributed by atoms with Crippen LogP contribution in [0.3, 0.4) is 0 Å². The van der Waals surface area contributed by atoms with E-state index in [9.17, 15) is 8.78 Å². The predicted octanol–water partition coefficient (Wildman–Crippen LogP) is 3.68. The second-order valence-corrected chi connectivity index (χ2v) is 5.23. The fourth-order valence-electron chi connectivity index (χ4n) is 0.989. The Morgan fingerprint density at radius 3 is 2.33 bits per heavy atom. The number of halogens is 2. The fourth-order valence-corrected chi connectivity index (χ4v) is 2.04. The van der Waals surface area contributed by atoms with Crippen molar-refractivity contribution in [2.45, 2.75) is 30.9 Å². The Bertz CT molecular complexity index is 353. The van der Waals surface area contributed by atoms with Crippen molar-refractivity contribution in [1.82, 2.24) is 0 Å². The van der Waals surface area contributed by atoms with Crippen LogP contribution >= 0.6 is 11.8 Å². The van der Waals surface area contributed by atoms with Gasteiger partial charge in [-0.25, -0.2) is 8.78 Å². The third-order valence-electron chi connectivity index (χ3n) is 2.32. The van der Waals surface area contributed by atoms with Gasteiger partial charge >= 0.3 is 0 Å². The van der Waals surface area contributed by atoms with Gasteiger partial charge in [0, 0.05) is 10.9 Å². The molecule has 0 radical (unpaired) electrons. The van der Waals surface area contributed by atoms with Crippen LogP contribution in [0.5, 0.6) is 0 Å². The molecule has 1 rings (SSSR count). The molecule has 2 N–H and O–H groups in total. The third-order valence-corrected chi connectivity index (χ3v) is 3.89. The second kappa shape index (κ2) is 4.84. The Kier molecular flexibility index (Phi) is 3.97. The highest BCUT2D eigenvalue weighted by Gasteiger charge is 2.17. The summed E-state index contributed by atoms with van der Waals surface area (Å²) in [4.78, 5) is 0.219. The highest BCUT2D eigenvalue weighted by molar-refractivity contribution is 8.00. The highest BCUT2D eigenvalue weighted by atomic mass is 32.2. The fraction of sp³-hybridized carbons (Fsp3) is 0.455. The van der Waals surface area contributed by atoms with Gasteiger partial charge in [0.25, 0.3) is 0 Å². The molecular weight excluding hydrogens is 216 g/mol. The summed E-state index contributed by atoms with van der Waals surface area (Å²) < 4.78 is 26.4. The first-order valence-corrected chi connectivity index (χ1v) is 5.71. The number of rotatable bonds is 3. The van der Waals surface area contributed by atoms with Crippen molar-refractivity contribution in [3.8, 4) is 0 Å². The van der Waals surface area contributed by atoms with Crippen molar-refractivity contribution in [3.63, 3.8) is 0 Å². The van der Waals surface area contributed by atoms with Crippen molar-refractivity contribution in [2.24, 2.45) is 5.92 Å². The van der Waals surface area contributed by atoms with E-state index in [0.29, 0.717) is 11.6 Å². The summed E-state index contributed by atoms with van der Waals surface area (Å²) in [5, 5.41) is 0.198. The smallest absolute Gasteiger partial charge is 0.174 e. The molecule has 1 aromatic carbocycles. The first-order chi connectivity index (χ1) is 6.93. The summed E-state index contributed by atoms with van der Waals surface area (Å²) in [5.74, 6) is -1.30. The zero-order chi connectivity index (χ0) is 11.6. The molecule has 4 heteroatoms. The maximum atomic E-state index is 13.4. The largest absolute Gasteiger partial charge is 0.398 e. The highest BCUT2D eigenvalue weighted by Crippen LogP contribution is 2.34. The molecule has 84 valence electrons. The zero-order valence-corrected chi connectivity index (χ0v) is 9.87. The van der Waals surface area contributed by atoms with Crippen LogP contribution in [0.15, 0.2) is 17.0 Å². The van der Waals surface area contributed by atoms with E-state index in [4.69, 9.17) is 5.73 Å². The van der Waals surface area contributed by atoms with Gasteiger partial charge < -0.3 is 5.73 Å². The number of hydrogen-bond acceptors (Lipinski definition) is 2. The molecule has 0 saturated carbocycles. The lowest BCUT2D eigenvalue weighted by Gasteiger charge is -2.16. The standard InChI is InChI=1S/C11H15F2NS/c1-6(2)7(3)15-11-9(14)5-4-8(12)10(11)13/h4-7H,14H2,1-3H3. The van der Waals surface area contributed by atoms with E-state index in [-0.39, 0.29) is 10.1 Å². The van der Waals surface area contributed by atoms with E-state index >= 15 is 0 Å². The number of anilines is 1. The average Bonchev–Trinajstić information content (AvgIpc) is 2.18. The molecule has 0 saturated heterocycles. The molecule has 1 nitrogen and oxygen atoms in total. The van der Waals surface area contributed by atoms with Crippen LogP contribution in [0.4, 0.5) is 14.5 Å². The monoisotopic (exact) mass is 231 g/mol. The van der Waals surface area contributed by atoms with E-state index in [1.165, 1.54) is 17.8 Å². The van der Waals surface area contributed by atoms with Gasteiger partial charge in [-0.3, -0.25) is 0 Å². The molecule has 0 aliphatic heterocycles.